The minimum Gasteiger partial charge on any atom is -0.385 e. The van der Waals surface area contributed by atoms with Gasteiger partial charge in [0, 0.05) is 44.5 Å². The van der Waals surface area contributed by atoms with Gasteiger partial charge in [-0.2, -0.15) is 4.31 Å². The van der Waals surface area contributed by atoms with Crippen LogP contribution in [0.1, 0.15) is 42.1 Å². The normalized spacial score (nSPS) is 20.2. The summed E-state index contributed by atoms with van der Waals surface area (Å²) >= 11 is 6.35. The monoisotopic (exact) mass is 527 g/mol. The van der Waals surface area contributed by atoms with Crippen molar-refractivity contribution in [3.05, 3.63) is 88.7 Å². The molecule has 2 aromatic carbocycles. The second kappa shape index (κ2) is 9.67. The predicted molar refractivity (Wildman–Crippen MR) is 138 cm³/mol. The molecule has 7 nitrogen and oxygen atoms in total. The zero-order chi connectivity index (χ0) is 25.5. The Labute approximate surface area is 217 Å². The third-order valence-corrected chi connectivity index (χ3v) is 10.0. The molecule has 1 atom stereocenters. The van der Waals surface area contributed by atoms with E-state index in [-0.39, 0.29) is 28.8 Å². The van der Waals surface area contributed by atoms with E-state index >= 15 is 0 Å². The molecule has 1 aromatic heterocycles. The van der Waals surface area contributed by atoms with E-state index in [9.17, 15) is 18.3 Å². The van der Waals surface area contributed by atoms with Crippen molar-refractivity contribution in [2.24, 2.45) is 0 Å². The van der Waals surface area contributed by atoms with Gasteiger partial charge >= 0.3 is 0 Å². The number of carbonyl (C=O) groups is 1. The van der Waals surface area contributed by atoms with Crippen LogP contribution in [0.4, 0.5) is 0 Å². The third-order valence-electron chi connectivity index (χ3n) is 7.47. The first-order valence-corrected chi connectivity index (χ1v) is 14.0. The lowest BCUT2D eigenvalue weighted by atomic mass is 9.84. The Morgan fingerprint density at radius 2 is 1.72 bits per heavy atom. The molecule has 3 heterocycles. The molecule has 1 unspecified atom stereocenters. The Morgan fingerprint density at radius 1 is 1.00 bits per heavy atom. The molecule has 0 radical (unpaired) electrons. The van der Waals surface area contributed by atoms with E-state index in [0.717, 1.165) is 11.3 Å². The van der Waals surface area contributed by atoms with Gasteiger partial charge in [-0.1, -0.05) is 54.1 Å². The van der Waals surface area contributed by atoms with Crippen LogP contribution in [0.25, 0.3) is 0 Å². The summed E-state index contributed by atoms with van der Waals surface area (Å²) in [5.41, 5.74) is 1.26. The summed E-state index contributed by atoms with van der Waals surface area (Å²) in [6.45, 7) is 3.31. The molecule has 9 heteroatoms. The van der Waals surface area contributed by atoms with Gasteiger partial charge in [0.2, 0.25) is 15.9 Å². The minimum absolute atomic E-state index is 0.0243. The Morgan fingerprint density at radius 3 is 2.42 bits per heavy atom. The number of hydrogen-bond donors (Lipinski definition) is 1. The first-order valence-electron chi connectivity index (χ1n) is 12.2. The average Bonchev–Trinajstić information content (AvgIpc) is 3.34. The lowest BCUT2D eigenvalue weighted by molar-refractivity contribution is -0.137. The fourth-order valence-corrected chi connectivity index (χ4v) is 7.83. The number of likely N-dealkylation sites (tertiary alicyclic amines) is 1. The van der Waals surface area contributed by atoms with Gasteiger partial charge in [0.05, 0.1) is 16.7 Å². The van der Waals surface area contributed by atoms with E-state index in [1.54, 1.807) is 30.0 Å². The summed E-state index contributed by atoms with van der Waals surface area (Å²) in [5.74, 6) is -0.124. The summed E-state index contributed by atoms with van der Waals surface area (Å²) in [5, 5.41) is 11.3. The van der Waals surface area contributed by atoms with Crippen molar-refractivity contribution >= 4 is 27.5 Å². The lowest BCUT2D eigenvalue weighted by Gasteiger charge is -2.40. The molecule has 0 saturated carbocycles. The van der Waals surface area contributed by atoms with Crippen LogP contribution >= 0.6 is 11.6 Å². The smallest absolute Gasteiger partial charge is 0.245 e. The number of nitrogens with zero attached hydrogens (tertiary/aromatic N) is 3. The fourth-order valence-electron chi connectivity index (χ4n) is 5.46. The number of hydrogen-bond acceptors (Lipinski definition) is 4. The van der Waals surface area contributed by atoms with Crippen molar-refractivity contribution in [2.45, 2.75) is 49.3 Å². The number of sulfonamides is 1. The molecule has 3 aromatic rings. The highest BCUT2D eigenvalue weighted by Crippen LogP contribution is 2.38. The molecule has 0 spiro atoms. The lowest BCUT2D eigenvalue weighted by Crippen LogP contribution is -2.48. The van der Waals surface area contributed by atoms with Gasteiger partial charge in [0.25, 0.3) is 0 Å². The third kappa shape index (κ3) is 4.47. The Hall–Kier alpha value is -2.65. The maximum atomic E-state index is 13.8. The zero-order valence-corrected chi connectivity index (χ0v) is 21.8. The Bertz CT molecular complexity index is 1340. The van der Waals surface area contributed by atoms with Crippen LogP contribution in [0, 0.1) is 6.92 Å². The number of piperidine rings is 1. The topological polar surface area (TPSA) is 82.9 Å². The van der Waals surface area contributed by atoms with Gasteiger partial charge in [-0.3, -0.25) is 4.79 Å². The van der Waals surface area contributed by atoms with Gasteiger partial charge in [-0.25, -0.2) is 8.42 Å². The number of aryl methyl sites for hydroxylation is 1. The Kier molecular flexibility index (Phi) is 6.72. The van der Waals surface area contributed by atoms with Gasteiger partial charge in [0.1, 0.15) is 4.90 Å². The molecule has 1 N–H and O–H groups in total. The second-order valence-electron chi connectivity index (χ2n) is 9.63. The summed E-state index contributed by atoms with van der Waals surface area (Å²) in [4.78, 5) is 15.3. The Balaban J connectivity index is 1.39. The molecule has 2 aliphatic rings. The molecule has 2 aliphatic heterocycles. The first-order chi connectivity index (χ1) is 17.2. The molecular formula is C27H30ClN3O4S. The minimum atomic E-state index is -3.95. The number of fused-ring (bicyclic) bond motifs is 1. The zero-order valence-electron chi connectivity index (χ0n) is 20.2. The number of halogens is 1. The highest BCUT2D eigenvalue weighted by molar-refractivity contribution is 7.89. The van der Waals surface area contributed by atoms with Crippen LogP contribution in [0.2, 0.25) is 5.02 Å². The van der Waals surface area contributed by atoms with Crippen molar-refractivity contribution < 1.29 is 18.3 Å². The molecule has 1 fully saturated rings. The predicted octanol–water partition coefficient (Wildman–Crippen LogP) is 4.10. The van der Waals surface area contributed by atoms with E-state index in [1.165, 1.54) is 4.31 Å². The maximum Gasteiger partial charge on any atom is 0.245 e. The van der Waals surface area contributed by atoms with E-state index in [2.05, 4.69) is 0 Å². The van der Waals surface area contributed by atoms with E-state index in [0.29, 0.717) is 38.0 Å². The van der Waals surface area contributed by atoms with Crippen molar-refractivity contribution in [1.82, 2.24) is 13.8 Å². The van der Waals surface area contributed by atoms with Crippen molar-refractivity contribution in [3.63, 3.8) is 0 Å². The molecule has 1 saturated heterocycles. The standard InChI is InChI=1S/C27H30ClN3O4S/c1-20-7-5-10-22(28)26(20)36(34,35)31-18-17-29-14-6-11-23(29)24(31)19-25(32)30-15-12-27(33,13-16-30)21-8-3-2-4-9-21/h2-11,14,24,33H,12-13,15-19H2,1H3. The van der Waals surface area contributed by atoms with Crippen LogP contribution in [0.15, 0.2) is 71.8 Å². The van der Waals surface area contributed by atoms with Gasteiger partial charge in [-0.05, 0) is 49.1 Å². The number of aliphatic hydroxyl groups is 1. The number of rotatable bonds is 5. The van der Waals surface area contributed by atoms with E-state index in [4.69, 9.17) is 11.6 Å². The number of amides is 1. The van der Waals surface area contributed by atoms with Gasteiger partial charge < -0.3 is 14.6 Å². The molecule has 5 rings (SSSR count). The van der Waals surface area contributed by atoms with Crippen molar-refractivity contribution in [2.75, 3.05) is 19.6 Å². The average molecular weight is 528 g/mol. The van der Waals surface area contributed by atoms with Crippen LogP contribution in [0.5, 0.6) is 0 Å². The number of benzene rings is 2. The van der Waals surface area contributed by atoms with Crippen LogP contribution in [0.3, 0.4) is 0 Å². The largest absolute Gasteiger partial charge is 0.385 e. The van der Waals surface area contributed by atoms with Gasteiger partial charge in [-0.15, -0.1) is 0 Å². The SMILES string of the molecule is Cc1cccc(Cl)c1S(=O)(=O)N1CCn2cccc2C1CC(=O)N1CCC(O)(c2ccccc2)CC1. The van der Waals surface area contributed by atoms with E-state index < -0.39 is 21.7 Å². The first kappa shape index (κ1) is 25.0. The molecule has 190 valence electrons. The fraction of sp³-hybridized carbons (Fsp3) is 0.370. The molecular weight excluding hydrogens is 498 g/mol. The molecule has 0 aliphatic carbocycles. The molecule has 0 bridgehead atoms. The number of carbonyl (C=O) groups excluding carboxylic acids is 1. The highest BCUT2D eigenvalue weighted by Gasteiger charge is 2.41. The summed E-state index contributed by atoms with van der Waals surface area (Å²) < 4.78 is 31.1. The van der Waals surface area contributed by atoms with Crippen LogP contribution in [-0.2, 0) is 27.0 Å². The molecule has 36 heavy (non-hydrogen) atoms. The number of aromatic nitrogens is 1. The van der Waals surface area contributed by atoms with E-state index in [1.807, 2.05) is 53.2 Å². The van der Waals surface area contributed by atoms with Crippen LogP contribution < -0.4 is 0 Å². The highest BCUT2D eigenvalue weighted by atomic mass is 35.5. The quantitative estimate of drug-likeness (QED) is 0.541. The van der Waals surface area contributed by atoms with Gasteiger partial charge in [0.15, 0.2) is 0 Å². The second-order valence-corrected chi connectivity index (χ2v) is 11.9. The maximum absolute atomic E-state index is 13.8. The summed E-state index contributed by atoms with van der Waals surface area (Å²) in [7, 11) is -3.95. The van der Waals surface area contributed by atoms with Crippen LogP contribution in [-0.4, -0.2) is 52.8 Å². The van der Waals surface area contributed by atoms with Crippen molar-refractivity contribution in [1.29, 1.82) is 0 Å². The van der Waals surface area contributed by atoms with Crippen molar-refractivity contribution in [3.8, 4) is 0 Å². The molecule has 1 amide bonds. The summed E-state index contributed by atoms with van der Waals surface area (Å²) in [6, 6.07) is 17.7. The summed E-state index contributed by atoms with van der Waals surface area (Å²) in [6.07, 6.45) is 2.81.